The first-order valence-corrected chi connectivity index (χ1v) is 6.31. The van der Waals surface area contributed by atoms with E-state index in [0.29, 0.717) is 5.02 Å². The maximum atomic E-state index is 9.16. The van der Waals surface area contributed by atoms with E-state index in [-0.39, 0.29) is 0 Å². The Balaban J connectivity index is 2.35. The molecule has 1 rings (SSSR count). The highest BCUT2D eigenvalue weighted by Gasteiger charge is 2.21. The molecule has 0 aliphatic carbocycles. The minimum Gasteiger partial charge on any atom is -0.300 e. The molecule has 0 amide bonds. The number of nitrogens with zero attached hydrogens (tertiary/aromatic N) is 3. The number of rotatable bonds is 7. The van der Waals surface area contributed by atoms with Crippen LogP contribution in [0.2, 0.25) is 5.02 Å². The lowest BCUT2D eigenvalue weighted by molar-refractivity contribution is 0.389. The number of nitriles is 1. The molecule has 17 heavy (non-hydrogen) atoms. The van der Waals surface area contributed by atoms with E-state index in [1.807, 2.05) is 6.92 Å². The third-order valence-corrected chi connectivity index (χ3v) is 2.87. The quantitative estimate of drug-likeness (QED) is 0.814. The highest BCUT2D eigenvalue weighted by Crippen LogP contribution is 2.13. The zero-order chi connectivity index (χ0) is 12.7. The molecule has 0 aliphatic rings. The first-order chi connectivity index (χ1) is 8.09. The number of halogens is 1. The van der Waals surface area contributed by atoms with Gasteiger partial charge in [0.1, 0.15) is 5.54 Å². The van der Waals surface area contributed by atoms with Crippen LogP contribution in [-0.4, -0.2) is 21.9 Å². The van der Waals surface area contributed by atoms with Gasteiger partial charge < -0.3 is 0 Å². The summed E-state index contributed by atoms with van der Waals surface area (Å²) in [4.78, 5) is 0. The zero-order valence-electron chi connectivity index (χ0n) is 10.4. The molecule has 1 aromatic rings. The van der Waals surface area contributed by atoms with Crippen LogP contribution in [0.5, 0.6) is 0 Å². The van der Waals surface area contributed by atoms with Crippen molar-refractivity contribution in [3.63, 3.8) is 0 Å². The molecule has 0 spiro atoms. The SMILES string of the molecule is CCCNC(C)(C#N)CCCn1cc(Cl)cn1. The van der Waals surface area contributed by atoms with Crippen LogP contribution < -0.4 is 5.32 Å². The lowest BCUT2D eigenvalue weighted by Crippen LogP contribution is -2.41. The van der Waals surface area contributed by atoms with Gasteiger partial charge in [-0.15, -0.1) is 0 Å². The Bertz CT molecular complexity index is 382. The molecule has 1 atom stereocenters. The fraction of sp³-hybridized carbons (Fsp3) is 0.667. The third-order valence-electron chi connectivity index (χ3n) is 2.68. The number of aromatic nitrogens is 2. The largest absolute Gasteiger partial charge is 0.300 e. The Hall–Kier alpha value is -1.05. The second-order valence-electron chi connectivity index (χ2n) is 4.40. The van der Waals surface area contributed by atoms with Crippen LogP contribution in [0.15, 0.2) is 12.4 Å². The summed E-state index contributed by atoms with van der Waals surface area (Å²) < 4.78 is 1.81. The first kappa shape index (κ1) is 14.0. The van der Waals surface area contributed by atoms with E-state index < -0.39 is 5.54 Å². The summed E-state index contributed by atoms with van der Waals surface area (Å²) in [6.45, 7) is 5.70. The van der Waals surface area contributed by atoms with Crippen molar-refractivity contribution in [2.24, 2.45) is 0 Å². The van der Waals surface area contributed by atoms with Gasteiger partial charge in [-0.05, 0) is 32.7 Å². The molecule has 1 aromatic heterocycles. The van der Waals surface area contributed by atoms with Crippen molar-refractivity contribution < 1.29 is 0 Å². The molecule has 4 nitrogen and oxygen atoms in total. The molecule has 94 valence electrons. The normalized spacial score (nSPS) is 14.2. The molecule has 0 aromatic carbocycles. The fourth-order valence-corrected chi connectivity index (χ4v) is 1.80. The van der Waals surface area contributed by atoms with Crippen molar-refractivity contribution in [2.75, 3.05) is 6.54 Å². The van der Waals surface area contributed by atoms with E-state index in [0.717, 1.165) is 32.4 Å². The van der Waals surface area contributed by atoms with Crippen molar-refractivity contribution in [1.82, 2.24) is 15.1 Å². The Morgan fingerprint density at radius 3 is 2.94 bits per heavy atom. The van der Waals surface area contributed by atoms with E-state index in [9.17, 15) is 0 Å². The van der Waals surface area contributed by atoms with Crippen molar-refractivity contribution in [3.05, 3.63) is 17.4 Å². The molecule has 0 saturated carbocycles. The third kappa shape index (κ3) is 4.76. The molecule has 0 saturated heterocycles. The van der Waals surface area contributed by atoms with E-state index >= 15 is 0 Å². The van der Waals surface area contributed by atoms with Crippen molar-refractivity contribution in [1.29, 1.82) is 5.26 Å². The number of hydrogen-bond donors (Lipinski definition) is 1. The minimum absolute atomic E-state index is 0.438. The summed E-state index contributed by atoms with van der Waals surface area (Å²) in [6, 6.07) is 2.34. The van der Waals surface area contributed by atoms with E-state index in [1.54, 1.807) is 17.1 Å². The lowest BCUT2D eigenvalue weighted by Gasteiger charge is -2.22. The van der Waals surface area contributed by atoms with Gasteiger partial charge in [-0.3, -0.25) is 10.00 Å². The monoisotopic (exact) mass is 254 g/mol. The fourth-order valence-electron chi connectivity index (χ4n) is 1.64. The highest BCUT2D eigenvalue weighted by molar-refractivity contribution is 6.30. The highest BCUT2D eigenvalue weighted by atomic mass is 35.5. The number of aryl methyl sites for hydroxylation is 1. The van der Waals surface area contributed by atoms with Crippen molar-refractivity contribution in [3.8, 4) is 6.07 Å². The van der Waals surface area contributed by atoms with Gasteiger partial charge in [0.25, 0.3) is 0 Å². The van der Waals surface area contributed by atoms with Crippen LogP contribution in [0, 0.1) is 11.3 Å². The van der Waals surface area contributed by atoms with Crippen LogP contribution >= 0.6 is 11.6 Å². The van der Waals surface area contributed by atoms with Gasteiger partial charge in [0, 0.05) is 12.7 Å². The van der Waals surface area contributed by atoms with Gasteiger partial charge in [0.2, 0.25) is 0 Å². The molecular formula is C12H19ClN4. The smallest absolute Gasteiger partial charge is 0.103 e. The van der Waals surface area contributed by atoms with Crippen LogP contribution in [0.4, 0.5) is 0 Å². The summed E-state index contributed by atoms with van der Waals surface area (Å²) in [7, 11) is 0. The molecule has 0 radical (unpaired) electrons. The maximum Gasteiger partial charge on any atom is 0.103 e. The second-order valence-corrected chi connectivity index (χ2v) is 4.83. The summed E-state index contributed by atoms with van der Waals surface area (Å²) in [5.74, 6) is 0. The van der Waals surface area contributed by atoms with Gasteiger partial charge in [-0.1, -0.05) is 18.5 Å². The van der Waals surface area contributed by atoms with Crippen molar-refractivity contribution >= 4 is 11.6 Å². The zero-order valence-corrected chi connectivity index (χ0v) is 11.2. The second kappa shape index (κ2) is 6.63. The van der Waals surface area contributed by atoms with Crippen LogP contribution in [0.3, 0.4) is 0 Å². The van der Waals surface area contributed by atoms with Gasteiger partial charge in [0.05, 0.1) is 17.3 Å². The van der Waals surface area contributed by atoms with Gasteiger partial charge in [0.15, 0.2) is 0 Å². The summed E-state index contributed by atoms with van der Waals surface area (Å²) >= 11 is 5.78. The van der Waals surface area contributed by atoms with E-state index in [2.05, 4.69) is 23.4 Å². The average molecular weight is 255 g/mol. The standard InChI is InChI=1S/C12H19ClN4/c1-3-6-15-12(2,10-14)5-4-7-17-9-11(13)8-16-17/h8-9,15H,3-7H2,1-2H3. The number of hydrogen-bond acceptors (Lipinski definition) is 3. The number of nitrogens with one attached hydrogen (secondary N) is 1. The van der Waals surface area contributed by atoms with Crippen LogP contribution in [-0.2, 0) is 6.54 Å². The van der Waals surface area contributed by atoms with Crippen molar-refractivity contribution in [2.45, 2.75) is 45.2 Å². The lowest BCUT2D eigenvalue weighted by atomic mass is 9.97. The Kier molecular flexibility index (Phi) is 5.46. The minimum atomic E-state index is -0.438. The van der Waals surface area contributed by atoms with Crippen LogP contribution in [0.1, 0.15) is 33.1 Å². The molecule has 1 heterocycles. The molecule has 1 unspecified atom stereocenters. The molecule has 0 aliphatic heterocycles. The summed E-state index contributed by atoms with van der Waals surface area (Å²) in [5, 5.41) is 17.2. The summed E-state index contributed by atoms with van der Waals surface area (Å²) in [5.41, 5.74) is -0.438. The summed E-state index contributed by atoms with van der Waals surface area (Å²) in [6.07, 6.45) is 6.16. The molecular weight excluding hydrogens is 236 g/mol. The topological polar surface area (TPSA) is 53.6 Å². The molecule has 0 bridgehead atoms. The maximum absolute atomic E-state index is 9.16. The van der Waals surface area contributed by atoms with Gasteiger partial charge in [-0.25, -0.2) is 0 Å². The first-order valence-electron chi connectivity index (χ1n) is 5.94. The van der Waals surface area contributed by atoms with E-state index in [1.165, 1.54) is 0 Å². The average Bonchev–Trinajstić information content (AvgIpc) is 2.72. The van der Waals surface area contributed by atoms with Crippen LogP contribution in [0.25, 0.3) is 0 Å². The predicted octanol–water partition coefficient (Wildman–Crippen LogP) is 2.60. The Morgan fingerprint density at radius 1 is 1.65 bits per heavy atom. The van der Waals surface area contributed by atoms with Gasteiger partial charge >= 0.3 is 0 Å². The predicted molar refractivity (Wildman–Crippen MR) is 68.8 cm³/mol. The Labute approximate surface area is 108 Å². The molecule has 5 heteroatoms. The Morgan fingerprint density at radius 2 is 2.41 bits per heavy atom. The van der Waals surface area contributed by atoms with Gasteiger partial charge in [-0.2, -0.15) is 10.4 Å². The molecule has 0 fully saturated rings. The van der Waals surface area contributed by atoms with E-state index in [4.69, 9.17) is 16.9 Å². The molecule has 1 N–H and O–H groups in total.